The van der Waals surface area contributed by atoms with Crippen LogP contribution in [0.2, 0.25) is 0 Å². The van der Waals surface area contributed by atoms with Crippen molar-refractivity contribution in [2.45, 2.75) is 38.9 Å². The van der Waals surface area contributed by atoms with Gasteiger partial charge in [0.15, 0.2) is 5.82 Å². The second kappa shape index (κ2) is 6.16. The lowest BCUT2D eigenvalue weighted by Gasteiger charge is -2.36. The molecule has 1 unspecified atom stereocenters. The second-order valence-electron chi connectivity index (χ2n) is 6.53. The fourth-order valence-corrected chi connectivity index (χ4v) is 2.75. The Morgan fingerprint density at radius 3 is 2.96 bits per heavy atom. The first-order valence-corrected chi connectivity index (χ1v) is 7.81. The van der Waals surface area contributed by atoms with Crippen LogP contribution >= 0.6 is 0 Å². The maximum atomic E-state index is 12.0. The van der Waals surface area contributed by atoms with E-state index in [0.29, 0.717) is 29.4 Å². The van der Waals surface area contributed by atoms with Crippen LogP contribution in [0.25, 0.3) is 0 Å². The van der Waals surface area contributed by atoms with Gasteiger partial charge in [-0.2, -0.15) is 0 Å². The van der Waals surface area contributed by atoms with E-state index in [0.717, 1.165) is 5.56 Å². The molecule has 1 aliphatic rings. The average molecular weight is 331 g/mol. The molecular weight excluding hydrogens is 310 g/mol. The molecule has 0 spiro atoms. The van der Waals surface area contributed by atoms with E-state index in [4.69, 9.17) is 9.26 Å². The number of carbonyl (C=O) groups excluding carboxylic acids is 1. The Hall–Kier alpha value is -2.54. The molecule has 0 saturated heterocycles. The average Bonchev–Trinajstić information content (AvgIpc) is 2.89. The van der Waals surface area contributed by atoms with Gasteiger partial charge in [-0.1, -0.05) is 17.3 Å². The zero-order chi connectivity index (χ0) is 17.3. The summed E-state index contributed by atoms with van der Waals surface area (Å²) in [6, 6.07) is 7.12. The highest BCUT2D eigenvalue weighted by molar-refractivity contribution is 5.93. The van der Waals surface area contributed by atoms with Crippen molar-refractivity contribution in [1.29, 1.82) is 0 Å². The Kier molecular flexibility index (Phi) is 4.19. The van der Waals surface area contributed by atoms with Crippen molar-refractivity contribution in [2.75, 3.05) is 17.2 Å². The Balaban J connectivity index is 1.70. The highest BCUT2D eigenvalue weighted by Crippen LogP contribution is 2.43. The molecule has 3 rings (SSSR count). The standard InChI is InChI=1S/C17H21N3O4/c1-10-7-14(20-24-10)19-15(22)9-18-12-6-4-5-11-13(21)8-17(2,3)23-16(11)12/h4-7,13,18,21H,8-9H2,1-3H3,(H,19,20,22). The number of aryl methyl sites for hydroxylation is 1. The zero-order valence-corrected chi connectivity index (χ0v) is 13.9. The minimum atomic E-state index is -0.586. The van der Waals surface area contributed by atoms with Gasteiger partial charge in [0.2, 0.25) is 5.91 Å². The fraction of sp³-hybridized carbons (Fsp3) is 0.412. The van der Waals surface area contributed by atoms with E-state index in [2.05, 4.69) is 15.8 Å². The van der Waals surface area contributed by atoms with Crippen LogP contribution in [0.4, 0.5) is 11.5 Å². The van der Waals surface area contributed by atoms with Crippen molar-refractivity contribution in [3.8, 4) is 5.75 Å². The molecule has 2 aromatic rings. The van der Waals surface area contributed by atoms with Gasteiger partial charge in [-0.3, -0.25) is 4.79 Å². The summed E-state index contributed by atoms with van der Waals surface area (Å²) < 4.78 is 10.9. The van der Waals surface area contributed by atoms with Gasteiger partial charge < -0.3 is 25.0 Å². The number of rotatable bonds is 4. The lowest BCUT2D eigenvalue weighted by molar-refractivity contribution is -0.114. The van der Waals surface area contributed by atoms with E-state index in [-0.39, 0.29) is 12.5 Å². The molecule has 1 amide bonds. The number of ether oxygens (including phenoxy) is 1. The van der Waals surface area contributed by atoms with E-state index >= 15 is 0 Å². The van der Waals surface area contributed by atoms with Gasteiger partial charge in [-0.25, -0.2) is 0 Å². The smallest absolute Gasteiger partial charge is 0.244 e. The van der Waals surface area contributed by atoms with Crippen molar-refractivity contribution < 1.29 is 19.2 Å². The Bertz CT molecular complexity index is 754. The van der Waals surface area contributed by atoms with Crippen molar-refractivity contribution in [2.24, 2.45) is 0 Å². The first kappa shape index (κ1) is 16.3. The quantitative estimate of drug-likeness (QED) is 0.797. The molecule has 0 aliphatic carbocycles. The molecule has 1 aromatic heterocycles. The predicted molar refractivity (Wildman–Crippen MR) is 89.1 cm³/mol. The Morgan fingerprint density at radius 1 is 1.46 bits per heavy atom. The van der Waals surface area contributed by atoms with Crippen LogP contribution < -0.4 is 15.4 Å². The summed E-state index contributed by atoms with van der Waals surface area (Å²) in [4.78, 5) is 12.0. The third kappa shape index (κ3) is 3.51. The second-order valence-corrected chi connectivity index (χ2v) is 6.53. The van der Waals surface area contributed by atoms with Crippen LogP contribution in [0.15, 0.2) is 28.8 Å². The van der Waals surface area contributed by atoms with Crippen molar-refractivity contribution >= 4 is 17.4 Å². The maximum absolute atomic E-state index is 12.0. The van der Waals surface area contributed by atoms with Crippen LogP contribution in [-0.2, 0) is 4.79 Å². The monoisotopic (exact) mass is 331 g/mol. The Morgan fingerprint density at radius 2 is 2.25 bits per heavy atom. The minimum absolute atomic E-state index is 0.0439. The van der Waals surface area contributed by atoms with E-state index in [1.54, 1.807) is 13.0 Å². The molecule has 0 radical (unpaired) electrons. The number of aliphatic hydroxyl groups is 1. The number of aliphatic hydroxyl groups excluding tert-OH is 1. The summed E-state index contributed by atoms with van der Waals surface area (Å²) in [5, 5.41) is 19.7. The number of nitrogens with zero attached hydrogens (tertiary/aromatic N) is 1. The summed E-state index contributed by atoms with van der Waals surface area (Å²) >= 11 is 0. The summed E-state index contributed by atoms with van der Waals surface area (Å²) in [6.45, 7) is 5.65. The molecule has 0 fully saturated rings. The minimum Gasteiger partial charge on any atom is -0.485 e. The summed E-state index contributed by atoms with van der Waals surface area (Å²) in [7, 11) is 0. The largest absolute Gasteiger partial charge is 0.485 e. The topological polar surface area (TPSA) is 96.6 Å². The third-order valence-electron chi connectivity index (χ3n) is 3.80. The van der Waals surface area contributed by atoms with Gasteiger partial charge in [0.25, 0.3) is 0 Å². The summed E-state index contributed by atoms with van der Waals surface area (Å²) in [6.07, 6.45) is -0.0624. The molecule has 1 aromatic carbocycles. The summed E-state index contributed by atoms with van der Waals surface area (Å²) in [5.41, 5.74) is 0.933. The van der Waals surface area contributed by atoms with Gasteiger partial charge >= 0.3 is 0 Å². The number of anilines is 2. The zero-order valence-electron chi connectivity index (χ0n) is 13.9. The molecule has 1 atom stereocenters. The molecule has 128 valence electrons. The molecule has 7 nitrogen and oxygen atoms in total. The van der Waals surface area contributed by atoms with Gasteiger partial charge in [0, 0.05) is 18.1 Å². The lowest BCUT2D eigenvalue weighted by atomic mass is 9.91. The molecule has 2 heterocycles. The number of nitrogens with one attached hydrogen (secondary N) is 2. The number of aromatic nitrogens is 1. The molecule has 0 bridgehead atoms. The number of hydrogen-bond acceptors (Lipinski definition) is 6. The number of fused-ring (bicyclic) bond motifs is 1. The van der Waals surface area contributed by atoms with Crippen LogP contribution in [0.5, 0.6) is 5.75 Å². The predicted octanol–water partition coefficient (Wildman–Crippen LogP) is 2.63. The number of benzene rings is 1. The van der Waals surface area contributed by atoms with Gasteiger partial charge in [0.1, 0.15) is 17.1 Å². The van der Waals surface area contributed by atoms with Crippen LogP contribution in [0.3, 0.4) is 0 Å². The molecule has 0 saturated carbocycles. The summed E-state index contributed by atoms with van der Waals surface area (Å²) in [5.74, 6) is 1.34. The Labute approximate surface area is 140 Å². The van der Waals surface area contributed by atoms with Crippen molar-refractivity contribution in [3.63, 3.8) is 0 Å². The molecule has 7 heteroatoms. The molecular formula is C17H21N3O4. The van der Waals surface area contributed by atoms with Gasteiger partial charge in [-0.15, -0.1) is 0 Å². The SMILES string of the molecule is Cc1cc(NC(=O)CNc2cccc3c2OC(C)(C)CC3O)no1. The lowest BCUT2D eigenvalue weighted by Crippen LogP contribution is -2.35. The van der Waals surface area contributed by atoms with Crippen LogP contribution in [-0.4, -0.2) is 28.3 Å². The molecule has 1 aliphatic heterocycles. The van der Waals surface area contributed by atoms with Gasteiger partial charge in [-0.05, 0) is 26.8 Å². The molecule has 24 heavy (non-hydrogen) atoms. The first-order valence-electron chi connectivity index (χ1n) is 7.81. The van der Waals surface area contributed by atoms with E-state index in [1.807, 2.05) is 32.0 Å². The number of para-hydroxylation sites is 1. The van der Waals surface area contributed by atoms with E-state index in [9.17, 15) is 9.90 Å². The van der Waals surface area contributed by atoms with Gasteiger partial charge in [0.05, 0.1) is 18.3 Å². The molecule has 3 N–H and O–H groups in total. The third-order valence-corrected chi connectivity index (χ3v) is 3.80. The van der Waals surface area contributed by atoms with E-state index in [1.165, 1.54) is 0 Å². The normalized spacial score (nSPS) is 18.4. The van der Waals surface area contributed by atoms with Crippen LogP contribution in [0.1, 0.15) is 37.7 Å². The number of carbonyl (C=O) groups is 1. The number of hydrogen-bond donors (Lipinski definition) is 3. The number of amides is 1. The first-order chi connectivity index (χ1) is 11.3. The van der Waals surface area contributed by atoms with Crippen molar-refractivity contribution in [3.05, 3.63) is 35.6 Å². The maximum Gasteiger partial charge on any atom is 0.244 e. The highest BCUT2D eigenvalue weighted by atomic mass is 16.5. The highest BCUT2D eigenvalue weighted by Gasteiger charge is 2.34. The van der Waals surface area contributed by atoms with Crippen molar-refractivity contribution in [1.82, 2.24) is 5.16 Å². The van der Waals surface area contributed by atoms with E-state index < -0.39 is 11.7 Å². The fourth-order valence-electron chi connectivity index (χ4n) is 2.75. The van der Waals surface area contributed by atoms with Crippen LogP contribution in [0, 0.1) is 6.92 Å².